The van der Waals surface area contributed by atoms with E-state index in [0.29, 0.717) is 5.41 Å². The van der Waals surface area contributed by atoms with Gasteiger partial charge in [-0.1, -0.05) is 19.8 Å². The van der Waals surface area contributed by atoms with Crippen molar-refractivity contribution in [2.45, 2.75) is 51.9 Å². The van der Waals surface area contributed by atoms with Crippen LogP contribution >= 0.6 is 24.0 Å². The van der Waals surface area contributed by atoms with Crippen molar-refractivity contribution in [3.05, 3.63) is 24.2 Å². The lowest BCUT2D eigenvalue weighted by molar-refractivity contribution is 0.141. The average Bonchev–Trinajstić information content (AvgIpc) is 3.27. The molecule has 0 aromatic carbocycles. The molecule has 0 unspecified atom stereocenters. The fourth-order valence-corrected chi connectivity index (χ4v) is 3.35. The highest BCUT2D eigenvalue weighted by molar-refractivity contribution is 14.0. The lowest BCUT2D eigenvalue weighted by Gasteiger charge is -2.27. The van der Waals surface area contributed by atoms with Crippen LogP contribution in [0.1, 0.15) is 51.2 Å². The molecule has 2 rings (SSSR count). The second kappa shape index (κ2) is 12.6. The highest BCUT2D eigenvalue weighted by Crippen LogP contribution is 2.41. The topological polar surface area (TPSA) is 58.8 Å². The molecule has 1 aromatic heterocycles. The van der Waals surface area contributed by atoms with Gasteiger partial charge >= 0.3 is 0 Å². The van der Waals surface area contributed by atoms with Gasteiger partial charge in [0.2, 0.25) is 0 Å². The summed E-state index contributed by atoms with van der Waals surface area (Å²) in [4.78, 5) is 4.90. The predicted molar refractivity (Wildman–Crippen MR) is 114 cm³/mol. The van der Waals surface area contributed by atoms with Crippen molar-refractivity contribution in [1.29, 1.82) is 0 Å². The monoisotopic (exact) mass is 463 g/mol. The van der Waals surface area contributed by atoms with Gasteiger partial charge in [0.15, 0.2) is 5.96 Å². The molecule has 0 atom stereocenters. The normalized spacial score (nSPS) is 16.5. The first-order chi connectivity index (χ1) is 11.8. The quantitative estimate of drug-likeness (QED) is 0.313. The van der Waals surface area contributed by atoms with Gasteiger partial charge in [0.25, 0.3) is 0 Å². The van der Waals surface area contributed by atoms with Gasteiger partial charge < -0.3 is 19.8 Å². The summed E-state index contributed by atoms with van der Waals surface area (Å²) in [7, 11) is 1.79. The number of guanidine groups is 1. The lowest BCUT2D eigenvalue weighted by atomic mass is 9.83. The maximum absolute atomic E-state index is 5.38. The van der Waals surface area contributed by atoms with Crippen molar-refractivity contribution in [3.63, 3.8) is 0 Å². The first-order valence-corrected chi connectivity index (χ1v) is 9.31. The Morgan fingerprint density at radius 1 is 1.28 bits per heavy atom. The van der Waals surface area contributed by atoms with Crippen molar-refractivity contribution in [3.8, 4) is 0 Å². The van der Waals surface area contributed by atoms with Crippen LogP contribution in [0.5, 0.6) is 0 Å². The van der Waals surface area contributed by atoms with Crippen LogP contribution in [0, 0.1) is 5.41 Å². The molecule has 1 aliphatic rings. The van der Waals surface area contributed by atoms with Crippen molar-refractivity contribution in [1.82, 2.24) is 10.6 Å². The number of aliphatic imine (C=N–C) groups is 1. The molecule has 0 aliphatic heterocycles. The summed E-state index contributed by atoms with van der Waals surface area (Å²) in [6.07, 6.45) is 9.98. The fourth-order valence-electron chi connectivity index (χ4n) is 3.35. The van der Waals surface area contributed by atoms with Gasteiger partial charge in [-0.25, -0.2) is 0 Å². The highest BCUT2D eigenvalue weighted by Gasteiger charge is 2.33. The number of hydrogen-bond acceptors (Lipinski definition) is 3. The largest absolute Gasteiger partial charge is 0.469 e. The number of nitrogens with zero attached hydrogens (tertiary/aromatic N) is 1. The van der Waals surface area contributed by atoms with E-state index in [-0.39, 0.29) is 24.0 Å². The molecule has 0 amide bonds. The van der Waals surface area contributed by atoms with Crippen molar-refractivity contribution in [2.75, 3.05) is 33.4 Å². The molecule has 1 aliphatic carbocycles. The Bertz CT molecular complexity index is 471. The third kappa shape index (κ3) is 7.98. The van der Waals surface area contributed by atoms with Crippen LogP contribution in [0.25, 0.3) is 0 Å². The molecule has 0 bridgehead atoms. The Kier molecular flexibility index (Phi) is 11.2. The Balaban J connectivity index is 0.00000312. The number of rotatable bonds is 10. The van der Waals surface area contributed by atoms with Gasteiger partial charge in [0, 0.05) is 39.8 Å². The molecule has 0 spiro atoms. The number of ether oxygens (including phenoxy) is 1. The van der Waals surface area contributed by atoms with Crippen molar-refractivity contribution in [2.24, 2.45) is 10.4 Å². The zero-order chi connectivity index (χ0) is 17.1. The SMILES string of the molecule is CCCNC(=NCC1(CCOC)CCCC1)NCCc1ccco1.I. The van der Waals surface area contributed by atoms with Crippen molar-refractivity contribution >= 4 is 29.9 Å². The van der Waals surface area contributed by atoms with Gasteiger partial charge in [-0.3, -0.25) is 4.99 Å². The van der Waals surface area contributed by atoms with E-state index >= 15 is 0 Å². The van der Waals surface area contributed by atoms with E-state index in [9.17, 15) is 0 Å². The van der Waals surface area contributed by atoms with E-state index in [2.05, 4.69) is 17.6 Å². The van der Waals surface area contributed by atoms with E-state index in [0.717, 1.165) is 57.2 Å². The Morgan fingerprint density at radius 3 is 2.68 bits per heavy atom. The van der Waals surface area contributed by atoms with Crippen LogP contribution in [0.2, 0.25) is 0 Å². The average molecular weight is 463 g/mol. The lowest BCUT2D eigenvalue weighted by Crippen LogP contribution is -2.39. The third-order valence-corrected chi connectivity index (χ3v) is 4.86. The van der Waals surface area contributed by atoms with Gasteiger partial charge in [0.1, 0.15) is 5.76 Å². The summed E-state index contributed by atoms with van der Waals surface area (Å²) < 4.78 is 10.7. The smallest absolute Gasteiger partial charge is 0.191 e. The van der Waals surface area contributed by atoms with Crippen LogP contribution in [0.4, 0.5) is 0 Å². The minimum atomic E-state index is 0. The molecule has 6 heteroatoms. The molecule has 144 valence electrons. The summed E-state index contributed by atoms with van der Waals surface area (Å²) in [6.45, 7) is 5.66. The minimum absolute atomic E-state index is 0. The maximum atomic E-state index is 5.38. The number of furan rings is 1. The number of halogens is 1. The zero-order valence-electron chi connectivity index (χ0n) is 15.7. The minimum Gasteiger partial charge on any atom is -0.469 e. The first-order valence-electron chi connectivity index (χ1n) is 9.31. The molecule has 2 N–H and O–H groups in total. The second-order valence-electron chi connectivity index (χ2n) is 6.80. The predicted octanol–water partition coefficient (Wildman–Crippen LogP) is 3.98. The van der Waals surface area contributed by atoms with Crippen LogP contribution < -0.4 is 10.6 Å². The molecule has 1 heterocycles. The van der Waals surface area contributed by atoms with Gasteiger partial charge in [-0.2, -0.15) is 0 Å². The fraction of sp³-hybridized carbons (Fsp3) is 0.737. The number of methoxy groups -OCH3 is 1. The van der Waals surface area contributed by atoms with Crippen LogP contribution in [0.15, 0.2) is 27.8 Å². The summed E-state index contributed by atoms with van der Waals surface area (Å²) in [5.74, 6) is 1.93. The van der Waals surface area contributed by atoms with E-state index < -0.39 is 0 Å². The summed E-state index contributed by atoms with van der Waals surface area (Å²) >= 11 is 0. The third-order valence-electron chi connectivity index (χ3n) is 4.86. The number of hydrogen-bond donors (Lipinski definition) is 2. The van der Waals surface area contributed by atoms with Gasteiger partial charge in [-0.15, -0.1) is 24.0 Å². The molecular formula is C19H34IN3O2. The van der Waals surface area contributed by atoms with E-state index in [1.165, 1.54) is 25.7 Å². The Hall–Kier alpha value is -0.760. The van der Waals surface area contributed by atoms with Crippen LogP contribution in [0.3, 0.4) is 0 Å². The molecule has 5 nitrogen and oxygen atoms in total. The van der Waals surface area contributed by atoms with Crippen LogP contribution in [-0.4, -0.2) is 39.3 Å². The number of nitrogens with one attached hydrogen (secondary N) is 2. The van der Waals surface area contributed by atoms with Gasteiger partial charge in [-0.05, 0) is 43.2 Å². The van der Waals surface area contributed by atoms with E-state index in [4.69, 9.17) is 14.1 Å². The van der Waals surface area contributed by atoms with E-state index in [1.807, 2.05) is 12.1 Å². The maximum Gasteiger partial charge on any atom is 0.191 e. The van der Waals surface area contributed by atoms with E-state index in [1.54, 1.807) is 13.4 Å². The molecule has 25 heavy (non-hydrogen) atoms. The second-order valence-corrected chi connectivity index (χ2v) is 6.80. The van der Waals surface area contributed by atoms with Crippen molar-refractivity contribution < 1.29 is 9.15 Å². The standard InChI is InChI=1S/C19H33N3O2.HI/c1-3-12-20-18(21-13-8-17-7-6-14-24-17)22-16-19(11-15-23-2)9-4-5-10-19;/h6-7,14H,3-5,8-13,15-16H2,1-2H3,(H2,20,21,22);1H. The Labute approximate surface area is 169 Å². The Morgan fingerprint density at radius 2 is 2.04 bits per heavy atom. The first kappa shape index (κ1) is 22.3. The molecule has 0 radical (unpaired) electrons. The molecule has 1 saturated carbocycles. The van der Waals surface area contributed by atoms with Gasteiger partial charge in [0.05, 0.1) is 6.26 Å². The molecule has 1 fully saturated rings. The van der Waals surface area contributed by atoms with Crippen LogP contribution in [-0.2, 0) is 11.2 Å². The molecule has 1 aromatic rings. The molecule has 0 saturated heterocycles. The summed E-state index contributed by atoms with van der Waals surface area (Å²) in [5.41, 5.74) is 0.331. The molecular weight excluding hydrogens is 429 g/mol. The summed E-state index contributed by atoms with van der Waals surface area (Å²) in [6, 6.07) is 3.94. The zero-order valence-corrected chi connectivity index (χ0v) is 18.0. The summed E-state index contributed by atoms with van der Waals surface area (Å²) in [5, 5.41) is 6.86. The highest BCUT2D eigenvalue weighted by atomic mass is 127.